The van der Waals surface area contributed by atoms with E-state index in [9.17, 15) is 0 Å². The molecule has 1 heterocycles. The molecule has 0 saturated heterocycles. The third-order valence-corrected chi connectivity index (χ3v) is 12.4. The molecular formula is C54H35NS. The third-order valence-electron chi connectivity index (χ3n) is 11.2. The van der Waals surface area contributed by atoms with Crippen LogP contribution in [-0.2, 0) is 0 Å². The van der Waals surface area contributed by atoms with Gasteiger partial charge in [0.2, 0.25) is 0 Å². The van der Waals surface area contributed by atoms with Crippen molar-refractivity contribution in [2.75, 3.05) is 4.90 Å². The molecule has 0 bridgehead atoms. The lowest BCUT2D eigenvalue weighted by Crippen LogP contribution is -2.11. The van der Waals surface area contributed by atoms with E-state index >= 15 is 0 Å². The number of thiophene rings is 1. The van der Waals surface area contributed by atoms with Gasteiger partial charge in [-0.15, -0.1) is 11.3 Å². The van der Waals surface area contributed by atoms with Crippen LogP contribution in [-0.4, -0.2) is 0 Å². The van der Waals surface area contributed by atoms with Crippen LogP contribution in [0.4, 0.5) is 17.1 Å². The normalized spacial score (nSPS) is 11.6. The zero-order valence-corrected chi connectivity index (χ0v) is 31.4. The first-order chi connectivity index (χ1) is 27.7. The zero-order chi connectivity index (χ0) is 37.0. The lowest BCUT2D eigenvalue weighted by Gasteiger charge is -2.28. The Bertz CT molecular complexity index is 3260. The summed E-state index contributed by atoms with van der Waals surface area (Å²) in [4.78, 5) is 2.42. The van der Waals surface area contributed by atoms with E-state index in [4.69, 9.17) is 0 Å². The van der Waals surface area contributed by atoms with Gasteiger partial charge in [0.1, 0.15) is 0 Å². The lowest BCUT2D eigenvalue weighted by molar-refractivity contribution is 1.29. The van der Waals surface area contributed by atoms with Crippen molar-refractivity contribution in [2.45, 2.75) is 0 Å². The summed E-state index contributed by atoms with van der Waals surface area (Å²) in [6.07, 6.45) is 0. The summed E-state index contributed by atoms with van der Waals surface area (Å²) in [5, 5.41) is 10.2. The highest BCUT2D eigenvalue weighted by Crippen LogP contribution is 2.44. The van der Waals surface area contributed by atoms with Gasteiger partial charge in [-0.3, -0.25) is 0 Å². The van der Waals surface area contributed by atoms with E-state index in [1.165, 1.54) is 85.9 Å². The molecule has 1 aromatic heterocycles. The smallest absolute Gasteiger partial charge is 0.0540 e. The molecule has 11 rings (SSSR count). The fraction of sp³-hybridized carbons (Fsp3) is 0. The largest absolute Gasteiger partial charge is 0.310 e. The van der Waals surface area contributed by atoms with Crippen LogP contribution in [0.15, 0.2) is 212 Å². The summed E-state index contributed by atoms with van der Waals surface area (Å²) in [5.41, 5.74) is 10.6. The van der Waals surface area contributed by atoms with Crippen LogP contribution in [0, 0.1) is 0 Å². The predicted octanol–water partition coefficient (Wildman–Crippen LogP) is 16.0. The average Bonchev–Trinajstić information content (AvgIpc) is 3.65. The molecule has 10 aromatic carbocycles. The SMILES string of the molecule is c1cc(-c2ccccc2N(c2ccc(-c3ccc4c(c3)sc3ccccc34)cc2)c2ccc3c(ccc4ccccc43)c2)cc(-c2cccc3ccccc23)c1. The maximum absolute atomic E-state index is 2.42. The molecule has 0 amide bonds. The van der Waals surface area contributed by atoms with Crippen molar-refractivity contribution in [2.24, 2.45) is 0 Å². The van der Waals surface area contributed by atoms with E-state index in [-0.39, 0.29) is 0 Å². The van der Waals surface area contributed by atoms with Gasteiger partial charge >= 0.3 is 0 Å². The molecule has 0 N–H and O–H groups in total. The molecule has 11 aromatic rings. The molecule has 56 heavy (non-hydrogen) atoms. The Morgan fingerprint density at radius 2 is 0.857 bits per heavy atom. The highest BCUT2D eigenvalue weighted by molar-refractivity contribution is 7.25. The molecule has 0 radical (unpaired) electrons. The van der Waals surface area contributed by atoms with Crippen LogP contribution in [0.1, 0.15) is 0 Å². The Morgan fingerprint density at radius 1 is 0.286 bits per heavy atom. The van der Waals surface area contributed by atoms with E-state index in [2.05, 4.69) is 217 Å². The number of benzene rings is 10. The summed E-state index contributed by atoms with van der Waals surface area (Å²) in [6, 6.07) is 77.8. The van der Waals surface area contributed by atoms with Crippen LogP contribution in [0.25, 0.3) is 85.9 Å². The second-order valence-electron chi connectivity index (χ2n) is 14.5. The Balaban J connectivity index is 1.06. The van der Waals surface area contributed by atoms with Crippen molar-refractivity contribution in [3.63, 3.8) is 0 Å². The molecule has 0 atom stereocenters. The predicted molar refractivity (Wildman–Crippen MR) is 243 cm³/mol. The lowest BCUT2D eigenvalue weighted by atomic mass is 9.94. The molecule has 1 nitrogen and oxygen atoms in total. The van der Waals surface area contributed by atoms with Crippen molar-refractivity contribution in [1.29, 1.82) is 0 Å². The van der Waals surface area contributed by atoms with E-state index in [0.717, 1.165) is 17.1 Å². The number of para-hydroxylation sites is 1. The second-order valence-corrected chi connectivity index (χ2v) is 15.6. The van der Waals surface area contributed by atoms with Gasteiger partial charge in [-0.25, -0.2) is 0 Å². The number of nitrogens with zero attached hydrogens (tertiary/aromatic N) is 1. The van der Waals surface area contributed by atoms with Gasteiger partial charge in [-0.2, -0.15) is 0 Å². The molecule has 2 heteroatoms. The monoisotopic (exact) mass is 729 g/mol. The molecule has 0 aliphatic rings. The van der Waals surface area contributed by atoms with Gasteiger partial charge in [0.25, 0.3) is 0 Å². The first-order valence-corrected chi connectivity index (χ1v) is 20.0. The summed E-state index contributed by atoms with van der Waals surface area (Å²) >= 11 is 1.87. The van der Waals surface area contributed by atoms with Crippen LogP contribution >= 0.6 is 11.3 Å². The maximum atomic E-state index is 2.42. The Hall–Kier alpha value is -7.00. The van der Waals surface area contributed by atoms with Gasteiger partial charge < -0.3 is 4.90 Å². The molecule has 0 unspecified atom stereocenters. The second kappa shape index (κ2) is 13.4. The Kier molecular flexibility index (Phi) is 7.75. The number of fused-ring (bicyclic) bond motifs is 7. The maximum Gasteiger partial charge on any atom is 0.0540 e. The quantitative estimate of drug-likeness (QED) is 0.154. The fourth-order valence-corrected chi connectivity index (χ4v) is 9.66. The molecule has 0 saturated carbocycles. The summed E-state index contributed by atoms with van der Waals surface area (Å²) in [5.74, 6) is 0. The van der Waals surface area contributed by atoms with Crippen LogP contribution < -0.4 is 4.90 Å². The van der Waals surface area contributed by atoms with Gasteiger partial charge in [0.15, 0.2) is 0 Å². The standard InChI is InChI=1S/C54H35NS/c1-3-16-45-37(11-1)13-10-20-47(45)40-14-9-15-41(33-40)49-18-5-7-21-52(49)55(44-30-32-48-42(34-44)24-23-38-12-2-4-17-46(38)48)43-28-25-36(26-29-43)39-27-31-51-50-19-6-8-22-53(50)56-54(51)35-39/h1-35H. The van der Waals surface area contributed by atoms with Gasteiger partial charge in [0.05, 0.1) is 5.69 Å². The minimum atomic E-state index is 1.11. The van der Waals surface area contributed by atoms with Crippen molar-refractivity contribution in [3.8, 4) is 33.4 Å². The minimum absolute atomic E-state index is 1.11. The van der Waals surface area contributed by atoms with Gasteiger partial charge in [-0.05, 0) is 109 Å². The molecule has 0 spiro atoms. The number of hydrogen-bond donors (Lipinski definition) is 0. The molecule has 0 aliphatic heterocycles. The number of hydrogen-bond acceptors (Lipinski definition) is 2. The van der Waals surface area contributed by atoms with E-state index in [1.54, 1.807) is 0 Å². The number of anilines is 3. The third kappa shape index (κ3) is 5.54. The van der Waals surface area contributed by atoms with Crippen molar-refractivity contribution in [3.05, 3.63) is 212 Å². The fourth-order valence-electron chi connectivity index (χ4n) is 8.52. The summed E-state index contributed by atoms with van der Waals surface area (Å²) < 4.78 is 2.65. The molecule has 0 aliphatic carbocycles. The van der Waals surface area contributed by atoms with Gasteiger partial charge in [-0.1, -0.05) is 164 Å². The zero-order valence-electron chi connectivity index (χ0n) is 30.6. The topological polar surface area (TPSA) is 3.24 Å². The van der Waals surface area contributed by atoms with Crippen molar-refractivity contribution >= 4 is 80.9 Å². The summed E-state index contributed by atoms with van der Waals surface area (Å²) in [7, 11) is 0. The van der Waals surface area contributed by atoms with E-state index in [1.807, 2.05) is 11.3 Å². The highest BCUT2D eigenvalue weighted by atomic mass is 32.1. The Labute approximate surface area is 330 Å². The van der Waals surface area contributed by atoms with Crippen molar-refractivity contribution in [1.82, 2.24) is 0 Å². The Morgan fingerprint density at radius 3 is 1.73 bits per heavy atom. The summed E-state index contributed by atoms with van der Waals surface area (Å²) in [6.45, 7) is 0. The molecular weight excluding hydrogens is 695 g/mol. The van der Waals surface area contributed by atoms with Crippen LogP contribution in [0.5, 0.6) is 0 Å². The first kappa shape index (κ1) is 32.4. The van der Waals surface area contributed by atoms with Crippen molar-refractivity contribution < 1.29 is 0 Å². The first-order valence-electron chi connectivity index (χ1n) is 19.2. The van der Waals surface area contributed by atoms with E-state index < -0.39 is 0 Å². The average molecular weight is 730 g/mol. The number of rotatable bonds is 6. The molecule has 262 valence electrons. The van der Waals surface area contributed by atoms with Gasteiger partial charge in [0, 0.05) is 37.1 Å². The van der Waals surface area contributed by atoms with E-state index in [0.29, 0.717) is 0 Å². The highest BCUT2D eigenvalue weighted by Gasteiger charge is 2.19. The minimum Gasteiger partial charge on any atom is -0.310 e. The van der Waals surface area contributed by atoms with Crippen LogP contribution in [0.2, 0.25) is 0 Å². The van der Waals surface area contributed by atoms with Crippen LogP contribution in [0.3, 0.4) is 0 Å². The molecule has 0 fully saturated rings.